The third-order valence-electron chi connectivity index (χ3n) is 3.80. The number of hydrogen-bond donors (Lipinski definition) is 2. The van der Waals surface area contributed by atoms with Crippen LogP contribution in [0.25, 0.3) is 0 Å². The van der Waals surface area contributed by atoms with Gasteiger partial charge in [-0.25, -0.2) is 0 Å². The molecule has 2 rings (SSSR count). The van der Waals surface area contributed by atoms with E-state index in [0.717, 1.165) is 25.7 Å². The topological polar surface area (TPSA) is 58.4 Å². The van der Waals surface area contributed by atoms with Crippen LogP contribution in [0.4, 0.5) is 0 Å². The first-order valence-electron chi connectivity index (χ1n) is 6.90. The van der Waals surface area contributed by atoms with E-state index in [1.807, 2.05) is 24.6 Å². The Morgan fingerprint density at radius 3 is 2.84 bits per heavy atom. The largest absolute Gasteiger partial charge is 0.350 e. The van der Waals surface area contributed by atoms with Crippen LogP contribution in [0.15, 0.2) is 17.5 Å². The number of nitrogens with two attached hydrogens (primary N) is 1. The first kappa shape index (κ1) is 14.5. The Balaban J connectivity index is 1.69. The summed E-state index contributed by atoms with van der Waals surface area (Å²) < 4.78 is 0. The second-order valence-electron chi connectivity index (χ2n) is 5.34. The number of nitrogens with one attached hydrogen (secondary N) is 1. The molecule has 19 heavy (non-hydrogen) atoms. The summed E-state index contributed by atoms with van der Waals surface area (Å²) in [5, 5.41) is 5.00. The van der Waals surface area contributed by atoms with Gasteiger partial charge in [0.25, 0.3) is 0 Å². The molecule has 0 radical (unpaired) electrons. The molecule has 1 aromatic heterocycles. The molecule has 5 heteroatoms. The predicted octanol–water partition coefficient (Wildman–Crippen LogP) is 1.57. The standard InChI is InChI=1S/C14H23N3OS/c1-17(12-6-4-11(15)5-7-12)10-14(18)16-9-13-3-2-8-19-13/h2-3,8,11-12H,4-7,9-10,15H2,1H3,(H,16,18). The van der Waals surface area contributed by atoms with E-state index in [2.05, 4.69) is 10.2 Å². The molecule has 1 saturated carbocycles. The molecule has 1 fully saturated rings. The number of carbonyl (C=O) groups is 1. The molecule has 1 aliphatic carbocycles. The molecule has 106 valence electrons. The Bertz CT molecular complexity index is 385. The molecule has 0 aromatic carbocycles. The van der Waals surface area contributed by atoms with E-state index >= 15 is 0 Å². The second-order valence-corrected chi connectivity index (χ2v) is 6.37. The lowest BCUT2D eigenvalue weighted by atomic mass is 9.91. The van der Waals surface area contributed by atoms with Crippen LogP contribution in [-0.2, 0) is 11.3 Å². The highest BCUT2D eigenvalue weighted by molar-refractivity contribution is 7.09. The van der Waals surface area contributed by atoms with Gasteiger partial charge in [0, 0.05) is 17.0 Å². The molecule has 1 aromatic rings. The molecule has 1 aliphatic rings. The van der Waals surface area contributed by atoms with Crippen LogP contribution < -0.4 is 11.1 Å². The zero-order chi connectivity index (χ0) is 13.7. The Hall–Kier alpha value is -0.910. The van der Waals surface area contributed by atoms with Gasteiger partial charge in [-0.2, -0.15) is 0 Å². The van der Waals surface area contributed by atoms with Gasteiger partial charge in [-0.3, -0.25) is 9.69 Å². The van der Waals surface area contributed by atoms with Gasteiger partial charge in [0.2, 0.25) is 5.91 Å². The maximum Gasteiger partial charge on any atom is 0.234 e. The summed E-state index contributed by atoms with van der Waals surface area (Å²) in [4.78, 5) is 15.2. The highest BCUT2D eigenvalue weighted by atomic mass is 32.1. The lowest BCUT2D eigenvalue weighted by Crippen LogP contribution is -2.43. The van der Waals surface area contributed by atoms with Crippen LogP contribution in [0, 0.1) is 0 Å². The van der Waals surface area contributed by atoms with E-state index < -0.39 is 0 Å². The maximum atomic E-state index is 11.9. The third kappa shape index (κ3) is 4.60. The summed E-state index contributed by atoms with van der Waals surface area (Å²) in [6.07, 6.45) is 4.36. The summed E-state index contributed by atoms with van der Waals surface area (Å²) >= 11 is 1.67. The van der Waals surface area contributed by atoms with Crippen molar-refractivity contribution in [3.63, 3.8) is 0 Å². The first-order chi connectivity index (χ1) is 9.15. The summed E-state index contributed by atoms with van der Waals surface area (Å²) in [5.41, 5.74) is 5.90. The second kappa shape index (κ2) is 7.03. The van der Waals surface area contributed by atoms with Crippen LogP contribution in [-0.4, -0.2) is 36.5 Å². The summed E-state index contributed by atoms with van der Waals surface area (Å²) in [6, 6.07) is 4.91. The fraction of sp³-hybridized carbons (Fsp3) is 0.643. The van der Waals surface area contributed by atoms with Crippen molar-refractivity contribution in [1.29, 1.82) is 0 Å². The Morgan fingerprint density at radius 1 is 1.47 bits per heavy atom. The van der Waals surface area contributed by atoms with Crippen molar-refractivity contribution in [1.82, 2.24) is 10.2 Å². The van der Waals surface area contributed by atoms with Crippen molar-refractivity contribution in [2.75, 3.05) is 13.6 Å². The van der Waals surface area contributed by atoms with Crippen LogP contribution in [0.1, 0.15) is 30.6 Å². The normalized spacial score (nSPS) is 23.5. The van der Waals surface area contributed by atoms with Gasteiger partial charge in [0.1, 0.15) is 0 Å². The number of likely N-dealkylation sites (N-methyl/N-ethyl adjacent to an activating group) is 1. The van der Waals surface area contributed by atoms with Crippen LogP contribution >= 0.6 is 11.3 Å². The smallest absolute Gasteiger partial charge is 0.234 e. The minimum atomic E-state index is 0.103. The van der Waals surface area contributed by atoms with Crippen molar-refractivity contribution in [3.05, 3.63) is 22.4 Å². The average Bonchev–Trinajstić information content (AvgIpc) is 2.90. The molecular weight excluding hydrogens is 258 g/mol. The number of thiophene rings is 1. The molecule has 0 aliphatic heterocycles. The van der Waals surface area contributed by atoms with Crippen LogP contribution in [0.2, 0.25) is 0 Å². The Morgan fingerprint density at radius 2 is 2.21 bits per heavy atom. The maximum absolute atomic E-state index is 11.9. The average molecular weight is 281 g/mol. The molecule has 1 amide bonds. The monoisotopic (exact) mass is 281 g/mol. The van der Waals surface area contributed by atoms with Crippen molar-refractivity contribution in [2.45, 2.75) is 44.3 Å². The van der Waals surface area contributed by atoms with Gasteiger partial charge in [-0.05, 0) is 44.2 Å². The highest BCUT2D eigenvalue weighted by Crippen LogP contribution is 2.20. The number of nitrogens with zero attached hydrogens (tertiary/aromatic N) is 1. The fourth-order valence-corrected chi connectivity index (χ4v) is 3.20. The van der Waals surface area contributed by atoms with Gasteiger partial charge in [-0.1, -0.05) is 6.07 Å². The molecule has 0 saturated heterocycles. The van der Waals surface area contributed by atoms with E-state index in [0.29, 0.717) is 25.2 Å². The molecule has 0 unspecified atom stereocenters. The number of rotatable bonds is 5. The number of hydrogen-bond acceptors (Lipinski definition) is 4. The third-order valence-corrected chi connectivity index (χ3v) is 4.67. The predicted molar refractivity (Wildman–Crippen MR) is 79.0 cm³/mol. The van der Waals surface area contributed by atoms with Crippen LogP contribution in [0.3, 0.4) is 0 Å². The van der Waals surface area contributed by atoms with Gasteiger partial charge in [0.05, 0.1) is 13.1 Å². The molecule has 1 heterocycles. The first-order valence-corrected chi connectivity index (χ1v) is 7.78. The molecular formula is C14H23N3OS. The zero-order valence-corrected chi connectivity index (χ0v) is 12.3. The van der Waals surface area contributed by atoms with Gasteiger partial charge >= 0.3 is 0 Å². The minimum Gasteiger partial charge on any atom is -0.350 e. The van der Waals surface area contributed by atoms with Gasteiger partial charge in [0.15, 0.2) is 0 Å². The molecule has 0 bridgehead atoms. The lowest BCUT2D eigenvalue weighted by molar-refractivity contribution is -0.122. The minimum absolute atomic E-state index is 0.103. The summed E-state index contributed by atoms with van der Waals surface area (Å²) in [6.45, 7) is 1.12. The van der Waals surface area contributed by atoms with Crippen molar-refractivity contribution in [3.8, 4) is 0 Å². The summed E-state index contributed by atoms with van der Waals surface area (Å²) in [7, 11) is 2.03. The van der Waals surface area contributed by atoms with E-state index in [4.69, 9.17) is 5.73 Å². The van der Waals surface area contributed by atoms with Gasteiger partial charge < -0.3 is 11.1 Å². The van der Waals surface area contributed by atoms with E-state index in [1.165, 1.54) is 4.88 Å². The van der Waals surface area contributed by atoms with E-state index in [-0.39, 0.29) is 5.91 Å². The zero-order valence-electron chi connectivity index (χ0n) is 11.5. The van der Waals surface area contributed by atoms with Crippen molar-refractivity contribution >= 4 is 17.2 Å². The highest BCUT2D eigenvalue weighted by Gasteiger charge is 2.22. The van der Waals surface area contributed by atoms with E-state index in [9.17, 15) is 4.79 Å². The summed E-state index contributed by atoms with van der Waals surface area (Å²) in [5.74, 6) is 0.103. The van der Waals surface area contributed by atoms with E-state index in [1.54, 1.807) is 11.3 Å². The molecule has 0 atom stereocenters. The van der Waals surface area contributed by atoms with Crippen molar-refractivity contribution in [2.24, 2.45) is 5.73 Å². The molecule has 0 spiro atoms. The fourth-order valence-electron chi connectivity index (χ4n) is 2.55. The lowest BCUT2D eigenvalue weighted by Gasteiger charge is -2.33. The number of carbonyl (C=O) groups excluding carboxylic acids is 1. The molecule has 4 nitrogen and oxygen atoms in total. The van der Waals surface area contributed by atoms with Crippen molar-refractivity contribution < 1.29 is 4.79 Å². The molecule has 3 N–H and O–H groups in total. The SMILES string of the molecule is CN(CC(=O)NCc1cccs1)C1CCC(N)CC1. The quantitative estimate of drug-likeness (QED) is 0.861. The van der Waals surface area contributed by atoms with Crippen LogP contribution in [0.5, 0.6) is 0 Å². The Kier molecular flexibility index (Phi) is 5.36. The van der Waals surface area contributed by atoms with Gasteiger partial charge in [-0.15, -0.1) is 11.3 Å². The Labute approximate surface area is 119 Å². The number of amides is 1.